The van der Waals surface area contributed by atoms with Gasteiger partial charge in [-0.25, -0.2) is 4.98 Å². The molecule has 2 aromatic rings. The van der Waals surface area contributed by atoms with E-state index in [0.29, 0.717) is 11.4 Å². The van der Waals surface area contributed by atoms with Crippen LogP contribution in [-0.2, 0) is 6.54 Å². The van der Waals surface area contributed by atoms with Gasteiger partial charge in [-0.2, -0.15) is 0 Å². The van der Waals surface area contributed by atoms with Crippen molar-refractivity contribution < 1.29 is 0 Å². The summed E-state index contributed by atoms with van der Waals surface area (Å²) in [5, 5.41) is 0. The maximum Gasteiger partial charge on any atom is 0.255 e. The van der Waals surface area contributed by atoms with Crippen LogP contribution in [-0.4, -0.2) is 9.97 Å². The predicted octanol–water partition coefficient (Wildman–Crippen LogP) is 2.27. The highest BCUT2D eigenvalue weighted by Crippen LogP contribution is 2.26. The van der Waals surface area contributed by atoms with Crippen LogP contribution in [0.1, 0.15) is 16.7 Å². The zero-order valence-corrected chi connectivity index (χ0v) is 11.8. The van der Waals surface area contributed by atoms with Gasteiger partial charge < -0.3 is 10.7 Å². The van der Waals surface area contributed by atoms with E-state index in [1.807, 2.05) is 26.0 Å². The summed E-state index contributed by atoms with van der Waals surface area (Å²) < 4.78 is 1.08. The minimum atomic E-state index is -0.180. The lowest BCUT2D eigenvalue weighted by molar-refractivity contribution is 0.979. The zero-order valence-electron chi connectivity index (χ0n) is 10.2. The molecular weight excluding hydrogens is 294 g/mol. The summed E-state index contributed by atoms with van der Waals surface area (Å²) in [6, 6.07) is 3.97. The monoisotopic (exact) mass is 307 g/mol. The largest absolute Gasteiger partial charge is 0.326 e. The summed E-state index contributed by atoms with van der Waals surface area (Å²) in [4.78, 5) is 18.7. The van der Waals surface area contributed by atoms with Gasteiger partial charge >= 0.3 is 0 Å². The first kappa shape index (κ1) is 13.0. The Labute approximate surface area is 113 Å². The molecule has 5 heteroatoms. The number of aryl methyl sites for hydroxylation is 2. The van der Waals surface area contributed by atoms with Crippen molar-refractivity contribution in [3.05, 3.63) is 49.8 Å². The number of H-pyrrole nitrogens is 1. The van der Waals surface area contributed by atoms with Crippen LogP contribution < -0.4 is 11.3 Å². The van der Waals surface area contributed by atoms with E-state index in [2.05, 4.69) is 25.9 Å². The van der Waals surface area contributed by atoms with Crippen LogP contribution in [0.5, 0.6) is 0 Å². The number of rotatable bonds is 2. The van der Waals surface area contributed by atoms with Gasteiger partial charge in [-0.05, 0) is 37.1 Å². The lowest BCUT2D eigenvalue weighted by Crippen LogP contribution is -2.17. The van der Waals surface area contributed by atoms with Crippen molar-refractivity contribution >= 4 is 15.9 Å². The number of nitrogens with one attached hydrogen (secondary N) is 1. The van der Waals surface area contributed by atoms with Crippen LogP contribution in [0.2, 0.25) is 0 Å². The molecule has 0 saturated carbocycles. The van der Waals surface area contributed by atoms with E-state index in [1.165, 1.54) is 6.20 Å². The molecule has 1 heterocycles. The molecule has 0 atom stereocenters. The molecule has 0 spiro atoms. The van der Waals surface area contributed by atoms with Crippen molar-refractivity contribution in [2.45, 2.75) is 20.4 Å². The Morgan fingerprint density at radius 2 is 1.94 bits per heavy atom. The number of aromatic amines is 1. The third kappa shape index (κ3) is 2.37. The van der Waals surface area contributed by atoms with E-state index in [4.69, 9.17) is 5.73 Å². The Balaban J connectivity index is 2.56. The molecule has 18 heavy (non-hydrogen) atoms. The average molecular weight is 308 g/mol. The minimum Gasteiger partial charge on any atom is -0.326 e. The van der Waals surface area contributed by atoms with E-state index < -0.39 is 0 Å². The SMILES string of the molecule is Cc1cc(-c2ncc(CN)c(=O)[nH]2)cc(C)c1Br. The van der Waals surface area contributed by atoms with Crippen molar-refractivity contribution in [2.75, 3.05) is 0 Å². The molecule has 1 aromatic heterocycles. The van der Waals surface area contributed by atoms with Gasteiger partial charge in [0.1, 0.15) is 5.82 Å². The third-order valence-electron chi connectivity index (χ3n) is 2.80. The Hall–Kier alpha value is -1.46. The fraction of sp³-hybridized carbons (Fsp3) is 0.231. The van der Waals surface area contributed by atoms with Gasteiger partial charge in [0.05, 0.1) is 0 Å². The molecule has 0 aliphatic carbocycles. The quantitative estimate of drug-likeness (QED) is 0.894. The Morgan fingerprint density at radius 3 is 2.44 bits per heavy atom. The second-order valence-corrected chi connectivity index (χ2v) is 5.01. The highest BCUT2D eigenvalue weighted by molar-refractivity contribution is 9.10. The number of nitrogens with zero attached hydrogens (tertiary/aromatic N) is 1. The predicted molar refractivity (Wildman–Crippen MR) is 75.4 cm³/mol. The Bertz CT molecular complexity index is 626. The summed E-state index contributed by atoms with van der Waals surface area (Å²) in [7, 11) is 0. The average Bonchev–Trinajstić information content (AvgIpc) is 2.35. The molecule has 0 fully saturated rings. The van der Waals surface area contributed by atoms with Crippen LogP contribution in [0, 0.1) is 13.8 Å². The molecule has 0 bridgehead atoms. The van der Waals surface area contributed by atoms with Crippen LogP contribution >= 0.6 is 15.9 Å². The first-order valence-electron chi connectivity index (χ1n) is 5.58. The molecule has 94 valence electrons. The maximum atomic E-state index is 11.7. The van der Waals surface area contributed by atoms with Crippen LogP contribution in [0.3, 0.4) is 0 Å². The molecule has 0 aliphatic rings. The van der Waals surface area contributed by atoms with Gasteiger partial charge in [-0.15, -0.1) is 0 Å². The van der Waals surface area contributed by atoms with Gasteiger partial charge in [0, 0.05) is 28.3 Å². The summed E-state index contributed by atoms with van der Waals surface area (Å²) >= 11 is 3.51. The van der Waals surface area contributed by atoms with Crippen molar-refractivity contribution in [1.82, 2.24) is 9.97 Å². The molecule has 2 rings (SSSR count). The van der Waals surface area contributed by atoms with Crippen molar-refractivity contribution in [3.63, 3.8) is 0 Å². The molecular formula is C13H14BrN3O. The van der Waals surface area contributed by atoms with Crippen molar-refractivity contribution in [2.24, 2.45) is 5.73 Å². The number of benzene rings is 1. The second-order valence-electron chi connectivity index (χ2n) is 4.21. The first-order chi connectivity index (χ1) is 8.52. The Morgan fingerprint density at radius 1 is 1.33 bits per heavy atom. The standard InChI is InChI=1S/C13H14BrN3O/c1-7-3-9(4-8(2)11(7)14)12-16-6-10(5-15)13(18)17-12/h3-4,6H,5,15H2,1-2H3,(H,16,17,18). The smallest absolute Gasteiger partial charge is 0.255 e. The molecule has 0 saturated heterocycles. The number of halogens is 1. The van der Waals surface area contributed by atoms with Gasteiger partial charge in [0.15, 0.2) is 0 Å². The van der Waals surface area contributed by atoms with E-state index in [-0.39, 0.29) is 12.1 Å². The lowest BCUT2D eigenvalue weighted by Gasteiger charge is -2.07. The Kier molecular flexibility index (Phi) is 3.63. The minimum absolute atomic E-state index is 0.180. The zero-order chi connectivity index (χ0) is 13.3. The molecule has 0 amide bonds. The molecule has 3 N–H and O–H groups in total. The molecule has 0 aliphatic heterocycles. The van der Waals surface area contributed by atoms with Crippen LogP contribution in [0.4, 0.5) is 0 Å². The summed E-state index contributed by atoms with van der Waals surface area (Å²) in [5.41, 5.74) is 8.86. The summed E-state index contributed by atoms with van der Waals surface area (Å²) in [5.74, 6) is 0.566. The first-order valence-corrected chi connectivity index (χ1v) is 6.37. The van der Waals surface area contributed by atoms with E-state index >= 15 is 0 Å². The number of nitrogens with two attached hydrogens (primary N) is 1. The number of hydrogen-bond donors (Lipinski definition) is 2. The highest BCUT2D eigenvalue weighted by Gasteiger charge is 2.07. The number of aromatic nitrogens is 2. The fourth-order valence-electron chi connectivity index (χ4n) is 1.80. The topological polar surface area (TPSA) is 71.8 Å². The van der Waals surface area contributed by atoms with E-state index in [1.54, 1.807) is 0 Å². The molecule has 0 radical (unpaired) electrons. The van der Waals surface area contributed by atoms with Gasteiger partial charge in [0.2, 0.25) is 0 Å². The second kappa shape index (κ2) is 5.04. The van der Waals surface area contributed by atoms with E-state index in [9.17, 15) is 4.79 Å². The molecule has 1 aromatic carbocycles. The normalized spacial score (nSPS) is 10.7. The van der Waals surface area contributed by atoms with Crippen molar-refractivity contribution in [3.8, 4) is 11.4 Å². The van der Waals surface area contributed by atoms with Gasteiger partial charge in [-0.3, -0.25) is 4.79 Å². The molecule has 0 unspecified atom stereocenters. The van der Waals surface area contributed by atoms with E-state index in [0.717, 1.165) is 21.2 Å². The maximum absolute atomic E-state index is 11.7. The fourth-order valence-corrected chi connectivity index (χ4v) is 2.02. The van der Waals surface area contributed by atoms with Crippen LogP contribution in [0.25, 0.3) is 11.4 Å². The van der Waals surface area contributed by atoms with Crippen LogP contribution in [0.15, 0.2) is 27.6 Å². The van der Waals surface area contributed by atoms with Gasteiger partial charge in [0.25, 0.3) is 5.56 Å². The third-order valence-corrected chi connectivity index (χ3v) is 4.05. The van der Waals surface area contributed by atoms with Gasteiger partial charge in [-0.1, -0.05) is 15.9 Å². The summed E-state index contributed by atoms with van der Waals surface area (Å²) in [6.07, 6.45) is 1.53. The lowest BCUT2D eigenvalue weighted by atomic mass is 10.1. The summed E-state index contributed by atoms with van der Waals surface area (Å²) in [6.45, 7) is 4.21. The number of hydrogen-bond acceptors (Lipinski definition) is 3. The van der Waals surface area contributed by atoms with Crippen molar-refractivity contribution in [1.29, 1.82) is 0 Å². The highest BCUT2D eigenvalue weighted by atomic mass is 79.9. The molecule has 4 nitrogen and oxygen atoms in total.